The van der Waals surface area contributed by atoms with Gasteiger partial charge in [-0.2, -0.15) is 0 Å². The lowest BCUT2D eigenvalue weighted by Crippen LogP contribution is -2.48. The molecule has 2 aliphatic rings. The molecule has 0 saturated carbocycles. The standard InChI is InChI=1S/C19H20N2O3S/c1-22-16-5-3-15(4-6-16)20-8-10-21(11-9-20)19(25)14-2-7-17-18(12-14)24-13-23-17/h2-7,12H,8-11,13H2,1H3. The number of fused-ring (bicyclic) bond motifs is 1. The molecule has 2 heterocycles. The zero-order valence-corrected chi connectivity index (χ0v) is 14.9. The van der Waals surface area contributed by atoms with Crippen LogP contribution in [0.4, 0.5) is 5.69 Å². The summed E-state index contributed by atoms with van der Waals surface area (Å²) in [6.07, 6.45) is 0. The van der Waals surface area contributed by atoms with Crippen molar-refractivity contribution in [2.24, 2.45) is 0 Å². The summed E-state index contributed by atoms with van der Waals surface area (Å²) in [5.74, 6) is 2.44. The van der Waals surface area contributed by atoms with Crippen LogP contribution in [0.5, 0.6) is 17.2 Å². The van der Waals surface area contributed by atoms with Gasteiger partial charge < -0.3 is 24.0 Å². The second-order valence-corrected chi connectivity index (χ2v) is 6.43. The maximum atomic E-state index is 5.69. The topological polar surface area (TPSA) is 34.2 Å². The van der Waals surface area contributed by atoms with Crippen LogP contribution in [0.3, 0.4) is 0 Å². The summed E-state index contributed by atoms with van der Waals surface area (Å²) >= 11 is 5.69. The van der Waals surface area contributed by atoms with Crippen LogP contribution < -0.4 is 19.1 Å². The Morgan fingerprint density at radius 2 is 1.68 bits per heavy atom. The Kier molecular flexibility index (Phi) is 4.36. The number of nitrogens with zero attached hydrogens (tertiary/aromatic N) is 2. The number of ether oxygens (including phenoxy) is 3. The van der Waals surface area contributed by atoms with Crippen LogP contribution in [-0.4, -0.2) is 50.0 Å². The number of rotatable bonds is 3. The van der Waals surface area contributed by atoms with E-state index in [1.54, 1.807) is 7.11 Å². The SMILES string of the molecule is COc1ccc(N2CCN(C(=S)c3ccc4c(c3)OCO4)CC2)cc1. The minimum absolute atomic E-state index is 0.284. The van der Waals surface area contributed by atoms with Crippen molar-refractivity contribution in [2.75, 3.05) is 45.0 Å². The fourth-order valence-corrected chi connectivity index (χ4v) is 3.48. The van der Waals surface area contributed by atoms with Gasteiger partial charge >= 0.3 is 0 Å². The Morgan fingerprint density at radius 3 is 2.40 bits per heavy atom. The average Bonchev–Trinajstić information content (AvgIpc) is 3.15. The summed E-state index contributed by atoms with van der Waals surface area (Å²) in [6, 6.07) is 14.1. The molecule has 0 bridgehead atoms. The van der Waals surface area contributed by atoms with Gasteiger partial charge in [-0.05, 0) is 42.5 Å². The molecule has 0 aliphatic carbocycles. The van der Waals surface area contributed by atoms with Gasteiger partial charge in [0.15, 0.2) is 11.5 Å². The second kappa shape index (κ2) is 6.80. The highest BCUT2D eigenvalue weighted by atomic mass is 32.1. The number of thiocarbonyl (C=S) groups is 1. The highest BCUT2D eigenvalue weighted by molar-refractivity contribution is 7.80. The van der Waals surface area contributed by atoms with Crippen molar-refractivity contribution in [1.29, 1.82) is 0 Å². The lowest BCUT2D eigenvalue weighted by atomic mass is 10.1. The van der Waals surface area contributed by atoms with E-state index >= 15 is 0 Å². The van der Waals surface area contributed by atoms with Crippen molar-refractivity contribution < 1.29 is 14.2 Å². The molecule has 2 aromatic carbocycles. The molecule has 0 spiro atoms. The molecule has 0 atom stereocenters. The second-order valence-electron chi connectivity index (χ2n) is 6.05. The van der Waals surface area contributed by atoms with Crippen LogP contribution in [0.2, 0.25) is 0 Å². The molecule has 1 saturated heterocycles. The number of methoxy groups -OCH3 is 1. The number of benzene rings is 2. The normalized spacial score (nSPS) is 16.0. The molecule has 0 aromatic heterocycles. The Labute approximate surface area is 152 Å². The van der Waals surface area contributed by atoms with E-state index in [9.17, 15) is 0 Å². The van der Waals surface area contributed by atoms with Gasteiger partial charge in [0, 0.05) is 37.4 Å². The number of piperazine rings is 1. The van der Waals surface area contributed by atoms with Crippen LogP contribution in [0.15, 0.2) is 42.5 Å². The van der Waals surface area contributed by atoms with E-state index in [0.717, 1.165) is 54.0 Å². The summed E-state index contributed by atoms with van der Waals surface area (Å²) in [5.41, 5.74) is 2.23. The molecule has 5 nitrogen and oxygen atoms in total. The average molecular weight is 356 g/mol. The van der Waals surface area contributed by atoms with Gasteiger partial charge in [-0.15, -0.1) is 0 Å². The predicted molar refractivity (Wildman–Crippen MR) is 101 cm³/mol. The monoisotopic (exact) mass is 356 g/mol. The van der Waals surface area contributed by atoms with Crippen LogP contribution in [-0.2, 0) is 0 Å². The largest absolute Gasteiger partial charge is 0.497 e. The highest BCUT2D eigenvalue weighted by Crippen LogP contribution is 2.33. The van der Waals surface area contributed by atoms with Gasteiger partial charge in [0.2, 0.25) is 6.79 Å². The Balaban J connectivity index is 1.40. The molecule has 4 rings (SSSR count). The van der Waals surface area contributed by atoms with Gasteiger partial charge in [0.1, 0.15) is 10.7 Å². The molecule has 0 N–H and O–H groups in total. The van der Waals surface area contributed by atoms with Crippen molar-refractivity contribution in [3.8, 4) is 17.2 Å². The fraction of sp³-hybridized carbons (Fsp3) is 0.316. The van der Waals surface area contributed by atoms with E-state index in [-0.39, 0.29) is 6.79 Å². The van der Waals surface area contributed by atoms with Crippen LogP contribution >= 0.6 is 12.2 Å². The van der Waals surface area contributed by atoms with Gasteiger partial charge in [0.25, 0.3) is 0 Å². The first kappa shape index (κ1) is 16.0. The van der Waals surface area contributed by atoms with Crippen molar-refractivity contribution in [3.05, 3.63) is 48.0 Å². The quantitative estimate of drug-likeness (QED) is 0.787. The molecular formula is C19H20N2O3S. The highest BCUT2D eigenvalue weighted by Gasteiger charge is 2.22. The summed E-state index contributed by atoms with van der Waals surface area (Å²) in [7, 11) is 1.69. The Morgan fingerprint density at radius 1 is 0.960 bits per heavy atom. The molecule has 1 fully saturated rings. The summed E-state index contributed by atoms with van der Waals surface area (Å²) < 4.78 is 16.0. The number of anilines is 1. The first-order valence-electron chi connectivity index (χ1n) is 8.32. The van der Waals surface area contributed by atoms with E-state index in [2.05, 4.69) is 21.9 Å². The van der Waals surface area contributed by atoms with Crippen LogP contribution in [0, 0.1) is 0 Å². The maximum absolute atomic E-state index is 5.69. The molecule has 6 heteroatoms. The maximum Gasteiger partial charge on any atom is 0.231 e. The van der Waals surface area contributed by atoms with Gasteiger partial charge in [-0.1, -0.05) is 12.2 Å². The van der Waals surface area contributed by atoms with Crippen LogP contribution in [0.1, 0.15) is 5.56 Å². The van der Waals surface area contributed by atoms with Crippen molar-refractivity contribution >= 4 is 22.9 Å². The zero-order chi connectivity index (χ0) is 17.2. The third-order valence-corrected chi connectivity index (χ3v) is 5.12. The zero-order valence-electron chi connectivity index (χ0n) is 14.1. The summed E-state index contributed by atoms with van der Waals surface area (Å²) in [4.78, 5) is 5.50. The number of hydrogen-bond donors (Lipinski definition) is 0. The first-order valence-corrected chi connectivity index (χ1v) is 8.73. The molecule has 25 heavy (non-hydrogen) atoms. The van der Waals surface area contributed by atoms with E-state index < -0.39 is 0 Å². The third kappa shape index (κ3) is 3.22. The van der Waals surface area contributed by atoms with Gasteiger partial charge in [-0.3, -0.25) is 0 Å². The summed E-state index contributed by atoms with van der Waals surface area (Å²) in [5, 5.41) is 0. The summed E-state index contributed by atoms with van der Waals surface area (Å²) in [6.45, 7) is 3.97. The molecule has 0 radical (unpaired) electrons. The Hall–Kier alpha value is -2.47. The van der Waals surface area contributed by atoms with Crippen LogP contribution in [0.25, 0.3) is 0 Å². The van der Waals surface area contributed by atoms with Crippen molar-refractivity contribution in [1.82, 2.24) is 4.90 Å². The third-order valence-electron chi connectivity index (χ3n) is 4.62. The minimum atomic E-state index is 0.284. The van der Waals surface area contributed by atoms with E-state index in [1.807, 2.05) is 30.3 Å². The molecule has 0 unspecified atom stereocenters. The van der Waals surface area contributed by atoms with Gasteiger partial charge in [0.05, 0.1) is 7.11 Å². The minimum Gasteiger partial charge on any atom is -0.497 e. The lowest BCUT2D eigenvalue weighted by Gasteiger charge is -2.37. The van der Waals surface area contributed by atoms with Crippen molar-refractivity contribution in [2.45, 2.75) is 0 Å². The fourth-order valence-electron chi connectivity index (χ4n) is 3.17. The molecule has 2 aromatic rings. The van der Waals surface area contributed by atoms with E-state index in [4.69, 9.17) is 26.4 Å². The first-order chi connectivity index (χ1) is 12.2. The molecule has 0 amide bonds. The van der Waals surface area contributed by atoms with Crippen molar-refractivity contribution in [3.63, 3.8) is 0 Å². The molecule has 2 aliphatic heterocycles. The van der Waals surface area contributed by atoms with E-state index in [0.29, 0.717) is 0 Å². The predicted octanol–water partition coefficient (Wildman–Crippen LogP) is 2.92. The number of hydrogen-bond acceptors (Lipinski definition) is 5. The van der Waals surface area contributed by atoms with Gasteiger partial charge in [-0.25, -0.2) is 0 Å². The van der Waals surface area contributed by atoms with E-state index in [1.165, 1.54) is 5.69 Å². The molecular weight excluding hydrogens is 336 g/mol. The smallest absolute Gasteiger partial charge is 0.231 e. The Bertz CT molecular complexity index is 771. The lowest BCUT2D eigenvalue weighted by molar-refractivity contribution is 0.174. The molecule has 130 valence electrons.